The number of rotatable bonds is 7. The zero-order valence-electron chi connectivity index (χ0n) is 11.3. The van der Waals surface area contributed by atoms with E-state index in [2.05, 4.69) is 10.5 Å². The summed E-state index contributed by atoms with van der Waals surface area (Å²) in [6.07, 6.45) is 3.53. The van der Waals surface area contributed by atoms with E-state index in [1.807, 2.05) is 13.8 Å². The second-order valence-electron chi connectivity index (χ2n) is 4.18. The number of benzene rings is 1. The van der Waals surface area contributed by atoms with Crippen molar-refractivity contribution in [2.24, 2.45) is 11.0 Å². The molecule has 0 heterocycles. The minimum Gasteiger partial charge on any atom is -0.272 e. The van der Waals surface area contributed by atoms with Crippen LogP contribution in [-0.2, 0) is 0 Å². The van der Waals surface area contributed by atoms with Gasteiger partial charge in [-0.2, -0.15) is 5.10 Å². The number of nitro groups is 2. The summed E-state index contributed by atoms with van der Waals surface area (Å²) in [5.41, 5.74) is 1.99. The van der Waals surface area contributed by atoms with E-state index in [1.54, 1.807) is 6.21 Å². The van der Waals surface area contributed by atoms with Crippen molar-refractivity contribution in [1.29, 1.82) is 0 Å². The van der Waals surface area contributed by atoms with Gasteiger partial charge in [0.05, 0.1) is 15.9 Å². The van der Waals surface area contributed by atoms with Gasteiger partial charge < -0.3 is 0 Å². The normalized spacial score (nSPS) is 10.9. The predicted molar refractivity (Wildman–Crippen MR) is 75.9 cm³/mol. The van der Waals surface area contributed by atoms with Gasteiger partial charge in [-0.3, -0.25) is 25.7 Å². The van der Waals surface area contributed by atoms with Gasteiger partial charge in [0, 0.05) is 12.3 Å². The Balaban J connectivity index is 2.95. The Morgan fingerprint density at radius 1 is 1.25 bits per heavy atom. The lowest BCUT2D eigenvalue weighted by Crippen LogP contribution is -2.02. The smallest absolute Gasteiger partial charge is 0.272 e. The van der Waals surface area contributed by atoms with Crippen molar-refractivity contribution < 1.29 is 9.85 Å². The summed E-state index contributed by atoms with van der Waals surface area (Å²) >= 11 is 0. The molecule has 0 bridgehead atoms. The number of non-ortho nitro benzene ring substituents is 1. The summed E-state index contributed by atoms with van der Waals surface area (Å²) in [5.74, 6) is 0.291. The molecular weight excluding hydrogens is 264 g/mol. The molecule has 0 spiro atoms. The summed E-state index contributed by atoms with van der Waals surface area (Å²) in [7, 11) is 0. The van der Waals surface area contributed by atoms with Gasteiger partial charge in [-0.15, -0.1) is 0 Å². The molecule has 8 nitrogen and oxygen atoms in total. The highest BCUT2D eigenvalue weighted by atomic mass is 16.6. The maximum atomic E-state index is 10.9. The summed E-state index contributed by atoms with van der Waals surface area (Å²) in [6.45, 7) is 4.04. The Bertz CT molecular complexity index is 526. The number of hydrogen-bond donors (Lipinski definition) is 1. The molecule has 1 N–H and O–H groups in total. The number of hydrazone groups is 1. The quantitative estimate of drug-likeness (QED) is 0.467. The lowest BCUT2D eigenvalue weighted by atomic mass is 10.1. The molecule has 0 saturated heterocycles. The Labute approximate surface area is 115 Å². The van der Waals surface area contributed by atoms with E-state index in [9.17, 15) is 20.2 Å². The molecule has 0 aliphatic heterocycles. The van der Waals surface area contributed by atoms with Gasteiger partial charge in [-0.1, -0.05) is 13.8 Å². The number of nitrogens with zero attached hydrogens (tertiary/aromatic N) is 3. The van der Waals surface area contributed by atoms with Crippen LogP contribution in [0.25, 0.3) is 0 Å². The van der Waals surface area contributed by atoms with Gasteiger partial charge in [0.15, 0.2) is 0 Å². The maximum absolute atomic E-state index is 10.9. The van der Waals surface area contributed by atoms with Gasteiger partial charge in [-0.05, 0) is 24.8 Å². The molecule has 0 saturated carbocycles. The van der Waals surface area contributed by atoms with Crippen molar-refractivity contribution in [2.45, 2.75) is 26.7 Å². The van der Waals surface area contributed by atoms with E-state index in [0.717, 1.165) is 18.9 Å². The van der Waals surface area contributed by atoms with Gasteiger partial charge in [0.1, 0.15) is 5.69 Å². The second-order valence-corrected chi connectivity index (χ2v) is 4.18. The summed E-state index contributed by atoms with van der Waals surface area (Å²) in [4.78, 5) is 20.1. The van der Waals surface area contributed by atoms with Crippen LogP contribution in [0.1, 0.15) is 26.7 Å². The monoisotopic (exact) mass is 280 g/mol. The van der Waals surface area contributed by atoms with E-state index in [-0.39, 0.29) is 17.1 Å². The summed E-state index contributed by atoms with van der Waals surface area (Å²) in [5, 5.41) is 25.4. The van der Waals surface area contributed by atoms with Gasteiger partial charge >= 0.3 is 5.69 Å². The van der Waals surface area contributed by atoms with Crippen LogP contribution in [-0.4, -0.2) is 16.1 Å². The molecule has 20 heavy (non-hydrogen) atoms. The Morgan fingerprint density at radius 3 is 2.40 bits per heavy atom. The van der Waals surface area contributed by atoms with Crippen molar-refractivity contribution in [3.8, 4) is 0 Å². The molecule has 1 rings (SSSR count). The number of nitrogens with one attached hydrogen (secondary N) is 1. The number of anilines is 1. The largest absolute Gasteiger partial charge is 0.301 e. The van der Waals surface area contributed by atoms with Crippen molar-refractivity contribution in [1.82, 2.24) is 0 Å². The summed E-state index contributed by atoms with van der Waals surface area (Å²) < 4.78 is 0. The van der Waals surface area contributed by atoms with Gasteiger partial charge in [-0.25, -0.2) is 0 Å². The Kier molecular flexibility index (Phi) is 5.57. The second kappa shape index (κ2) is 7.17. The van der Waals surface area contributed by atoms with E-state index in [1.165, 1.54) is 12.1 Å². The molecule has 8 heteroatoms. The first-order chi connectivity index (χ1) is 9.49. The third kappa shape index (κ3) is 4.01. The van der Waals surface area contributed by atoms with E-state index < -0.39 is 9.85 Å². The molecule has 0 unspecified atom stereocenters. The first kappa shape index (κ1) is 15.5. The van der Waals surface area contributed by atoms with E-state index >= 15 is 0 Å². The van der Waals surface area contributed by atoms with Crippen LogP contribution in [0.3, 0.4) is 0 Å². The molecule has 1 aromatic carbocycles. The minimum atomic E-state index is -0.679. The fourth-order valence-electron chi connectivity index (χ4n) is 1.59. The fraction of sp³-hybridized carbons (Fsp3) is 0.417. The van der Waals surface area contributed by atoms with Crippen molar-refractivity contribution in [2.75, 3.05) is 5.43 Å². The van der Waals surface area contributed by atoms with Crippen LogP contribution in [0.2, 0.25) is 0 Å². The maximum Gasteiger partial charge on any atom is 0.301 e. The summed E-state index contributed by atoms with van der Waals surface area (Å²) in [6, 6.07) is 3.39. The third-order valence-corrected chi connectivity index (χ3v) is 2.91. The van der Waals surface area contributed by atoms with Crippen molar-refractivity contribution in [3.63, 3.8) is 0 Å². The molecule has 108 valence electrons. The van der Waals surface area contributed by atoms with Gasteiger partial charge in [0.2, 0.25) is 0 Å². The van der Waals surface area contributed by atoms with Crippen LogP contribution in [0, 0.1) is 26.1 Å². The average Bonchev–Trinajstić information content (AvgIpc) is 2.43. The Morgan fingerprint density at radius 2 is 1.90 bits per heavy atom. The molecule has 0 atom stereocenters. The van der Waals surface area contributed by atoms with E-state index in [4.69, 9.17) is 0 Å². The third-order valence-electron chi connectivity index (χ3n) is 2.91. The van der Waals surface area contributed by atoms with Crippen LogP contribution >= 0.6 is 0 Å². The molecule has 0 amide bonds. The molecule has 0 radical (unpaired) electrons. The predicted octanol–water partition coefficient (Wildman–Crippen LogP) is 3.34. The Hall–Kier alpha value is -2.51. The molecule has 0 aliphatic carbocycles. The minimum absolute atomic E-state index is 0.128. The molecular formula is C12H16N4O4. The first-order valence-electron chi connectivity index (χ1n) is 6.21. The van der Waals surface area contributed by atoms with E-state index in [0.29, 0.717) is 5.92 Å². The molecule has 0 fully saturated rings. The van der Waals surface area contributed by atoms with Crippen LogP contribution in [0.15, 0.2) is 23.3 Å². The fourth-order valence-corrected chi connectivity index (χ4v) is 1.59. The van der Waals surface area contributed by atoms with Crippen LogP contribution in [0.4, 0.5) is 17.1 Å². The zero-order chi connectivity index (χ0) is 15.1. The standard InChI is InChI=1S/C12H16N4O4/c1-3-9(4-2)8-13-14-11-6-5-10(15(17)18)7-12(11)16(19)20/h5-9,14H,3-4H2,1-2H3/b13-8-. The number of nitro benzene ring substituents is 2. The lowest BCUT2D eigenvalue weighted by Gasteiger charge is -2.05. The van der Waals surface area contributed by atoms with Crippen LogP contribution in [0.5, 0.6) is 0 Å². The number of hydrogen-bond acceptors (Lipinski definition) is 6. The lowest BCUT2D eigenvalue weighted by molar-refractivity contribution is -0.393. The van der Waals surface area contributed by atoms with Crippen LogP contribution < -0.4 is 5.43 Å². The highest BCUT2D eigenvalue weighted by molar-refractivity contribution is 5.68. The molecule has 0 aliphatic rings. The highest BCUT2D eigenvalue weighted by Gasteiger charge is 2.19. The first-order valence-corrected chi connectivity index (χ1v) is 6.21. The van der Waals surface area contributed by atoms with Crippen molar-refractivity contribution in [3.05, 3.63) is 38.4 Å². The molecule has 0 aromatic heterocycles. The van der Waals surface area contributed by atoms with Crippen molar-refractivity contribution >= 4 is 23.3 Å². The average molecular weight is 280 g/mol. The highest BCUT2D eigenvalue weighted by Crippen LogP contribution is 2.28. The topological polar surface area (TPSA) is 111 Å². The zero-order valence-corrected chi connectivity index (χ0v) is 11.3. The SMILES string of the molecule is CCC(/C=N\Nc1ccc([N+](=O)[O-])cc1[N+](=O)[O-])CC. The van der Waals surface area contributed by atoms with Gasteiger partial charge in [0.25, 0.3) is 5.69 Å². The molecule has 1 aromatic rings.